The molecule has 0 aromatic heterocycles. The summed E-state index contributed by atoms with van der Waals surface area (Å²) in [5, 5.41) is 19.5. The minimum atomic E-state index is -1.40. The molecule has 0 fully saturated rings. The summed E-state index contributed by atoms with van der Waals surface area (Å²) in [6, 6.07) is -10.5. The Hall–Kier alpha value is -6.13. The molecule has 482 valence electrons. The fourth-order valence-electron chi connectivity index (χ4n) is 10.1. The second-order valence-electron chi connectivity index (χ2n) is 25.4. The highest BCUT2D eigenvalue weighted by atomic mass is 16.3. The lowest BCUT2D eigenvalue weighted by Gasteiger charge is -2.41. The summed E-state index contributed by atoms with van der Waals surface area (Å²) >= 11 is 0. The molecule has 23 nitrogen and oxygen atoms in total. The highest BCUT2D eigenvalue weighted by Gasteiger charge is 2.44. The maximum atomic E-state index is 14.8. The smallest absolute Gasteiger partial charge is 0.246 e. The van der Waals surface area contributed by atoms with Crippen molar-refractivity contribution in [3.8, 4) is 0 Å². The quantitative estimate of drug-likeness (QED) is 0.0572. The van der Waals surface area contributed by atoms with E-state index < -0.39 is 137 Å². The summed E-state index contributed by atoms with van der Waals surface area (Å²) in [5.74, 6) is -8.42. The topological polar surface area (TPSA) is 293 Å². The van der Waals surface area contributed by atoms with Gasteiger partial charge in [-0.15, -0.1) is 0 Å². The van der Waals surface area contributed by atoms with Crippen molar-refractivity contribution in [3.63, 3.8) is 0 Å². The number of nitrogens with zero attached hydrogens (tertiary/aromatic N) is 7. The van der Waals surface area contributed by atoms with E-state index in [-0.39, 0.29) is 68.2 Å². The second-order valence-corrected chi connectivity index (χ2v) is 25.4. The number of carbonyl (C=O) groups is 11. The molecule has 11 atom stereocenters. The fraction of sp³-hybridized carbons (Fsp3) is 0.787. The summed E-state index contributed by atoms with van der Waals surface area (Å²) in [6.07, 6.45) is 3.72. The highest BCUT2D eigenvalue weighted by Crippen LogP contribution is 2.25. The van der Waals surface area contributed by atoms with Crippen LogP contribution in [0.5, 0.6) is 0 Å². The lowest BCUT2D eigenvalue weighted by atomic mass is 9.92. The maximum Gasteiger partial charge on any atom is 0.246 e. The van der Waals surface area contributed by atoms with E-state index in [1.165, 1.54) is 92.6 Å². The molecule has 0 bridgehead atoms. The van der Waals surface area contributed by atoms with Crippen LogP contribution in [0, 0.1) is 41.4 Å². The van der Waals surface area contributed by atoms with E-state index in [0.29, 0.717) is 6.42 Å². The van der Waals surface area contributed by atoms with Gasteiger partial charge in [0.15, 0.2) is 0 Å². The average molecular weight is 1190 g/mol. The Kier molecular flexibility index (Phi) is 33.4. The van der Waals surface area contributed by atoms with Crippen molar-refractivity contribution in [3.05, 3.63) is 12.2 Å². The van der Waals surface area contributed by atoms with Gasteiger partial charge in [-0.1, -0.05) is 109 Å². The molecule has 0 spiro atoms. The van der Waals surface area contributed by atoms with Crippen LogP contribution in [0.4, 0.5) is 0 Å². The Morgan fingerprint density at radius 1 is 0.452 bits per heavy atom. The molecule has 0 aliphatic rings. The number of hydrogen-bond donors (Lipinski definition) is 5. The zero-order chi connectivity index (χ0) is 65.7. The SMILES string of the molecule is C/C=C/C[C@@H](C)[C@@H](O)C(C(N)=O)N(C)C(=O)[C@H](C(C)C)N(C)C(=O)[C@H](CC(C)C)N(C)C(=O)[C@H](CC(C)C)N(C)C(=O)[C@@H](C)NC(=O)[C@H](C)NC(=O)[C@H](CC(C)C)N(C)C(=O)C(NC(=O)[C@H](CC(C)C)N(C)C(=O)CN(C)C(=O)CC)C(C)C. The third kappa shape index (κ3) is 23.0. The molecule has 0 heterocycles. The number of primary amides is 1. The molecule has 23 heteroatoms. The number of hydrogen-bond acceptors (Lipinski definition) is 12. The zero-order valence-electron chi connectivity index (χ0n) is 55.6. The van der Waals surface area contributed by atoms with Gasteiger partial charge >= 0.3 is 0 Å². The van der Waals surface area contributed by atoms with Crippen LogP contribution in [0.1, 0.15) is 156 Å². The molecule has 0 radical (unpaired) electrons. The number of carbonyl (C=O) groups excluding carboxylic acids is 11. The molecular weight excluding hydrogens is 1080 g/mol. The minimum Gasteiger partial charge on any atom is -0.390 e. The van der Waals surface area contributed by atoms with Crippen molar-refractivity contribution in [1.82, 2.24) is 50.2 Å². The van der Waals surface area contributed by atoms with Crippen molar-refractivity contribution in [2.75, 3.05) is 55.9 Å². The van der Waals surface area contributed by atoms with Gasteiger partial charge in [0, 0.05) is 55.8 Å². The third-order valence-corrected chi connectivity index (χ3v) is 15.4. The van der Waals surface area contributed by atoms with Crippen molar-refractivity contribution in [2.24, 2.45) is 47.2 Å². The van der Waals surface area contributed by atoms with Crippen molar-refractivity contribution in [1.29, 1.82) is 0 Å². The Bertz CT molecular complexity index is 2250. The number of amides is 11. The van der Waals surface area contributed by atoms with Crippen LogP contribution in [0.25, 0.3) is 0 Å². The van der Waals surface area contributed by atoms with Gasteiger partial charge in [-0.05, 0) is 94.3 Å². The molecule has 0 aromatic rings. The molecule has 0 rings (SSSR count). The first-order valence-corrected chi connectivity index (χ1v) is 30.0. The van der Waals surface area contributed by atoms with Crippen LogP contribution >= 0.6 is 0 Å². The number of nitrogens with one attached hydrogen (secondary N) is 3. The number of aliphatic hydroxyl groups excluding tert-OH is 1. The van der Waals surface area contributed by atoms with Gasteiger partial charge in [-0.2, -0.15) is 0 Å². The Morgan fingerprint density at radius 3 is 1.26 bits per heavy atom. The Morgan fingerprint density at radius 2 is 0.845 bits per heavy atom. The third-order valence-electron chi connectivity index (χ3n) is 15.4. The van der Waals surface area contributed by atoms with Gasteiger partial charge in [-0.3, -0.25) is 52.7 Å². The first-order valence-electron chi connectivity index (χ1n) is 30.0. The molecule has 0 saturated heterocycles. The first kappa shape index (κ1) is 77.9. The molecule has 6 N–H and O–H groups in total. The van der Waals surface area contributed by atoms with Gasteiger partial charge in [0.05, 0.1) is 12.6 Å². The molecular formula is C61H111N11O12. The normalized spacial score (nSPS) is 15.7. The largest absolute Gasteiger partial charge is 0.390 e. The maximum absolute atomic E-state index is 14.8. The van der Waals surface area contributed by atoms with E-state index in [1.54, 1.807) is 41.5 Å². The summed E-state index contributed by atoms with van der Waals surface area (Å²) in [5.41, 5.74) is 5.78. The van der Waals surface area contributed by atoms with Gasteiger partial charge in [-0.25, -0.2) is 0 Å². The molecule has 0 aliphatic heterocycles. The summed E-state index contributed by atoms with van der Waals surface area (Å²) in [6.45, 7) is 29.8. The standard InChI is InChI=1S/C61H111N11O12/c1-25-27-28-40(15)52(75)51(53(62)76)72(24)61(84)50(39(13)14)71(23)59(82)46(32-37(9)10)70(22)58(81)45(31-36(7)8)69(21)57(80)42(17)64-54(77)41(16)63-55(78)44(30-35(5)6)68(20)60(83)49(38(11)12)65-56(79)43(29-34(3)4)67(19)48(74)33-66(18)47(73)26-2/h25,27,34-46,49-52,75H,26,28-33H2,1-24H3,(H2,62,76)(H,63,78)(H,64,77)(H,65,79)/b27-25+/t40-,41+,42-,43+,44+,45+,46+,49?,50+,51?,52-/m1/s1. The van der Waals surface area contributed by atoms with Crippen LogP contribution in [0.3, 0.4) is 0 Å². The number of likely N-dealkylation sites (N-methyl/N-ethyl adjacent to an activating group) is 7. The number of aliphatic hydroxyl groups is 1. The van der Waals surface area contributed by atoms with Crippen molar-refractivity contribution in [2.45, 2.75) is 217 Å². The van der Waals surface area contributed by atoms with Gasteiger partial charge in [0.1, 0.15) is 54.4 Å². The monoisotopic (exact) mass is 1190 g/mol. The minimum absolute atomic E-state index is 0.0315. The van der Waals surface area contributed by atoms with E-state index >= 15 is 0 Å². The van der Waals surface area contributed by atoms with Crippen LogP contribution in [-0.4, -0.2) is 221 Å². The van der Waals surface area contributed by atoms with Gasteiger partial charge < -0.3 is 61.1 Å². The number of allylic oxidation sites excluding steroid dienone is 2. The Balaban J connectivity index is 6.72. The molecule has 11 amide bonds. The van der Waals surface area contributed by atoms with Crippen molar-refractivity contribution < 1.29 is 57.8 Å². The van der Waals surface area contributed by atoms with Crippen LogP contribution in [0.2, 0.25) is 0 Å². The second kappa shape index (κ2) is 36.0. The van der Waals surface area contributed by atoms with Gasteiger partial charge in [0.2, 0.25) is 65.0 Å². The predicted octanol–water partition coefficient (Wildman–Crippen LogP) is 3.26. The lowest BCUT2D eigenvalue weighted by Crippen LogP contribution is -2.62. The molecule has 0 aliphatic carbocycles. The highest BCUT2D eigenvalue weighted by molar-refractivity contribution is 5.98. The summed E-state index contributed by atoms with van der Waals surface area (Å²) < 4.78 is 0. The van der Waals surface area contributed by atoms with Crippen LogP contribution in [0.15, 0.2) is 12.2 Å². The number of nitrogens with two attached hydrogens (primary N) is 1. The fourth-order valence-corrected chi connectivity index (χ4v) is 10.1. The van der Waals surface area contributed by atoms with E-state index in [1.807, 2.05) is 74.5 Å². The zero-order valence-corrected chi connectivity index (χ0v) is 55.6. The first-order chi connectivity index (χ1) is 38.6. The summed E-state index contributed by atoms with van der Waals surface area (Å²) in [7, 11) is 10.2. The molecule has 0 aromatic carbocycles. The molecule has 84 heavy (non-hydrogen) atoms. The van der Waals surface area contributed by atoms with E-state index in [2.05, 4.69) is 16.0 Å². The van der Waals surface area contributed by atoms with E-state index in [0.717, 1.165) is 4.90 Å². The lowest BCUT2D eigenvalue weighted by molar-refractivity contribution is -0.157. The van der Waals surface area contributed by atoms with Gasteiger partial charge in [0.25, 0.3) is 0 Å². The Labute approximate surface area is 503 Å². The number of rotatable bonds is 35. The van der Waals surface area contributed by atoms with Crippen LogP contribution in [-0.2, 0) is 52.7 Å². The molecule has 0 saturated carbocycles. The average Bonchev–Trinajstić information content (AvgIpc) is 2.17. The predicted molar refractivity (Wildman–Crippen MR) is 326 cm³/mol. The van der Waals surface area contributed by atoms with Crippen LogP contribution < -0.4 is 21.7 Å². The van der Waals surface area contributed by atoms with E-state index in [4.69, 9.17) is 5.73 Å². The molecule has 2 unspecified atom stereocenters. The van der Waals surface area contributed by atoms with Crippen molar-refractivity contribution >= 4 is 65.0 Å². The summed E-state index contributed by atoms with van der Waals surface area (Å²) in [4.78, 5) is 162. The van der Waals surface area contributed by atoms with E-state index in [9.17, 15) is 57.8 Å².